The Labute approximate surface area is 202 Å². The van der Waals surface area contributed by atoms with Gasteiger partial charge in [-0.15, -0.1) is 0 Å². The van der Waals surface area contributed by atoms with E-state index in [4.69, 9.17) is 0 Å². The maximum atomic E-state index is 9.70. The van der Waals surface area contributed by atoms with Gasteiger partial charge < -0.3 is 0 Å². The molecule has 2 aliphatic carbocycles. The molecule has 0 atom stereocenters. The second-order valence-corrected chi connectivity index (χ2v) is 7.68. The van der Waals surface area contributed by atoms with Gasteiger partial charge in [-0.2, -0.15) is 31.6 Å². The highest BCUT2D eigenvalue weighted by molar-refractivity contribution is 6.08. The number of rotatable bonds is 2. The molecule has 6 heteroatoms. The summed E-state index contributed by atoms with van der Waals surface area (Å²) >= 11 is 0. The minimum Gasteiger partial charge on any atom is -0.192 e. The van der Waals surface area contributed by atoms with Crippen LogP contribution in [-0.2, 0) is 6.42 Å². The van der Waals surface area contributed by atoms with E-state index in [0.29, 0.717) is 56.5 Å². The summed E-state index contributed by atoms with van der Waals surface area (Å²) in [7, 11) is 0. The fourth-order valence-corrected chi connectivity index (χ4v) is 4.49. The Hall–Kier alpha value is -5.92. The Kier molecular flexibility index (Phi) is 5.67. The van der Waals surface area contributed by atoms with Crippen LogP contribution in [0.5, 0.6) is 0 Å². The molecule has 35 heavy (non-hydrogen) atoms. The maximum Gasteiger partial charge on any atom is 0.138 e. The van der Waals surface area contributed by atoms with Crippen LogP contribution < -0.4 is 0 Å². The molecular weight excluding hydrogens is 432 g/mol. The molecule has 0 fully saturated rings. The maximum absolute atomic E-state index is 9.70. The van der Waals surface area contributed by atoms with E-state index in [0.717, 1.165) is 11.1 Å². The van der Waals surface area contributed by atoms with Gasteiger partial charge in [0.2, 0.25) is 0 Å². The molecule has 0 bridgehead atoms. The van der Waals surface area contributed by atoms with Crippen molar-refractivity contribution in [2.75, 3.05) is 0 Å². The molecule has 2 aromatic carbocycles. The number of hydrogen-bond acceptors (Lipinski definition) is 6. The molecule has 0 aliphatic heterocycles. The molecule has 0 amide bonds. The second kappa shape index (κ2) is 8.91. The zero-order valence-corrected chi connectivity index (χ0v) is 18.2. The summed E-state index contributed by atoms with van der Waals surface area (Å²) in [5.41, 5.74) is 5.95. The lowest BCUT2D eigenvalue weighted by atomic mass is 9.93. The Morgan fingerprint density at radius 1 is 0.686 bits per heavy atom. The van der Waals surface area contributed by atoms with Crippen molar-refractivity contribution in [2.24, 2.45) is 0 Å². The number of hydrogen-bond donors (Lipinski definition) is 0. The summed E-state index contributed by atoms with van der Waals surface area (Å²) in [6, 6.07) is 22.1. The van der Waals surface area contributed by atoms with E-state index in [-0.39, 0.29) is 11.1 Å². The predicted octanol–water partition coefficient (Wildman–Crippen LogP) is 5.17. The minimum absolute atomic E-state index is 0.0977. The highest BCUT2D eigenvalue weighted by atomic mass is 14.4. The summed E-state index contributed by atoms with van der Waals surface area (Å²) in [6.07, 6.45) is 3.77. The molecule has 0 heterocycles. The van der Waals surface area contributed by atoms with Crippen molar-refractivity contribution in [1.29, 1.82) is 31.6 Å². The van der Waals surface area contributed by atoms with Gasteiger partial charge in [0.1, 0.15) is 35.4 Å². The SMILES string of the molecule is C=CC1=C(/C=C2\Cc3ccc(C#N)cc3C2=C(C#N)C#N)C(=C(C#N)C#N)c2cc(C#N)ccc21. The first kappa shape index (κ1) is 22.3. The fraction of sp³-hybridized carbons (Fsp3) is 0.0345. The van der Waals surface area contributed by atoms with Crippen molar-refractivity contribution in [3.63, 3.8) is 0 Å². The van der Waals surface area contributed by atoms with Gasteiger partial charge in [0.15, 0.2) is 0 Å². The van der Waals surface area contributed by atoms with Gasteiger partial charge in [-0.05, 0) is 75.7 Å². The predicted molar refractivity (Wildman–Crippen MR) is 128 cm³/mol. The van der Waals surface area contributed by atoms with Gasteiger partial charge in [0.05, 0.1) is 23.3 Å². The first-order valence-corrected chi connectivity index (χ1v) is 10.3. The number of benzene rings is 2. The van der Waals surface area contributed by atoms with E-state index in [1.54, 1.807) is 48.6 Å². The molecule has 0 saturated heterocycles. The van der Waals surface area contributed by atoms with Gasteiger partial charge in [0.25, 0.3) is 0 Å². The van der Waals surface area contributed by atoms with Crippen LogP contribution in [0.3, 0.4) is 0 Å². The largest absolute Gasteiger partial charge is 0.192 e. The molecule has 2 aliphatic rings. The molecule has 4 rings (SSSR count). The summed E-state index contributed by atoms with van der Waals surface area (Å²) < 4.78 is 0. The van der Waals surface area contributed by atoms with Crippen LogP contribution in [0.2, 0.25) is 0 Å². The van der Waals surface area contributed by atoms with Crippen LogP contribution in [0.4, 0.5) is 0 Å². The molecule has 2 aromatic rings. The van der Waals surface area contributed by atoms with E-state index in [2.05, 4.69) is 18.7 Å². The van der Waals surface area contributed by atoms with Crippen LogP contribution in [0.1, 0.15) is 33.4 Å². The first-order chi connectivity index (χ1) is 17.0. The lowest BCUT2D eigenvalue weighted by molar-refractivity contribution is 1.26. The minimum atomic E-state index is -0.126. The third kappa shape index (κ3) is 3.48. The topological polar surface area (TPSA) is 143 Å². The van der Waals surface area contributed by atoms with Crippen LogP contribution in [-0.4, -0.2) is 0 Å². The lowest BCUT2D eigenvalue weighted by Gasteiger charge is -2.08. The number of fused-ring (bicyclic) bond motifs is 2. The molecule has 0 spiro atoms. The molecule has 0 radical (unpaired) electrons. The number of nitrogens with zero attached hydrogens (tertiary/aromatic N) is 6. The third-order valence-electron chi connectivity index (χ3n) is 5.95. The highest BCUT2D eigenvalue weighted by Crippen LogP contribution is 2.47. The summed E-state index contributed by atoms with van der Waals surface area (Å²) in [4.78, 5) is 0. The Balaban J connectivity index is 2.07. The fourth-order valence-electron chi connectivity index (χ4n) is 4.49. The molecular formula is C29H12N6. The normalized spacial score (nSPS) is 13.9. The molecule has 0 N–H and O–H groups in total. The van der Waals surface area contributed by atoms with E-state index < -0.39 is 0 Å². The van der Waals surface area contributed by atoms with Crippen LogP contribution in [0, 0.1) is 68.0 Å². The third-order valence-corrected chi connectivity index (χ3v) is 5.95. The molecule has 0 unspecified atom stereocenters. The average Bonchev–Trinajstić information content (AvgIpc) is 3.40. The monoisotopic (exact) mass is 444 g/mol. The summed E-state index contributed by atoms with van der Waals surface area (Å²) in [5, 5.41) is 57.4. The highest BCUT2D eigenvalue weighted by Gasteiger charge is 2.31. The quantitative estimate of drug-likeness (QED) is 0.585. The van der Waals surface area contributed by atoms with E-state index >= 15 is 0 Å². The van der Waals surface area contributed by atoms with Crippen molar-refractivity contribution in [1.82, 2.24) is 0 Å². The Morgan fingerprint density at radius 3 is 1.83 bits per heavy atom. The van der Waals surface area contributed by atoms with Crippen molar-refractivity contribution < 1.29 is 0 Å². The molecule has 6 nitrogen and oxygen atoms in total. The van der Waals surface area contributed by atoms with Gasteiger partial charge in [-0.1, -0.05) is 24.8 Å². The zero-order chi connectivity index (χ0) is 25.1. The summed E-state index contributed by atoms with van der Waals surface area (Å²) in [5.74, 6) is 0. The average molecular weight is 444 g/mol. The van der Waals surface area contributed by atoms with Crippen molar-refractivity contribution in [2.45, 2.75) is 6.42 Å². The molecule has 158 valence electrons. The van der Waals surface area contributed by atoms with Crippen LogP contribution >= 0.6 is 0 Å². The van der Waals surface area contributed by atoms with E-state index in [1.165, 1.54) is 0 Å². The molecule has 0 saturated carbocycles. The van der Waals surface area contributed by atoms with Crippen molar-refractivity contribution >= 4 is 16.7 Å². The van der Waals surface area contributed by atoms with Crippen molar-refractivity contribution in [3.8, 4) is 36.4 Å². The van der Waals surface area contributed by atoms with Gasteiger partial charge >= 0.3 is 0 Å². The Bertz CT molecular complexity index is 1700. The second-order valence-electron chi connectivity index (χ2n) is 7.68. The number of nitriles is 6. The van der Waals surface area contributed by atoms with Gasteiger partial charge in [0, 0.05) is 11.1 Å². The zero-order valence-electron chi connectivity index (χ0n) is 18.2. The van der Waals surface area contributed by atoms with Crippen LogP contribution in [0.15, 0.2) is 77.4 Å². The van der Waals surface area contributed by atoms with Crippen LogP contribution in [0.25, 0.3) is 16.7 Å². The standard InChI is InChI=1S/C29H12N6/c1-2-23-24-6-4-18(12-31)8-26(24)29(22(15-34)16-35)27(23)10-20-9-19-5-3-17(11-30)7-25(19)28(20)21(13-32)14-33/h2-8,10H,1,9H2/b20-10+. The van der Waals surface area contributed by atoms with Crippen molar-refractivity contribution in [3.05, 3.63) is 111 Å². The molecule has 0 aromatic heterocycles. The van der Waals surface area contributed by atoms with Gasteiger partial charge in [-0.25, -0.2) is 0 Å². The lowest BCUT2D eigenvalue weighted by Crippen LogP contribution is -1.93. The number of allylic oxidation sites excluding steroid dienone is 9. The Morgan fingerprint density at radius 2 is 1.26 bits per heavy atom. The smallest absolute Gasteiger partial charge is 0.138 e. The first-order valence-electron chi connectivity index (χ1n) is 10.3. The summed E-state index contributed by atoms with van der Waals surface area (Å²) in [6.45, 7) is 3.91. The van der Waals surface area contributed by atoms with E-state index in [9.17, 15) is 31.6 Å². The van der Waals surface area contributed by atoms with Gasteiger partial charge in [-0.3, -0.25) is 0 Å². The van der Waals surface area contributed by atoms with E-state index in [1.807, 2.05) is 24.3 Å².